The number of ether oxygens (including phenoxy) is 4. The molecule has 2 unspecified atom stereocenters. The smallest absolute Gasteiger partial charge is 0.361 e. The first kappa shape index (κ1) is 77.2. The van der Waals surface area contributed by atoms with Crippen LogP contribution in [0.1, 0.15) is 284 Å². The van der Waals surface area contributed by atoms with Crippen molar-refractivity contribution in [3.63, 3.8) is 0 Å². The summed E-state index contributed by atoms with van der Waals surface area (Å²) in [7, 11) is 5.95. The van der Waals surface area contributed by atoms with Gasteiger partial charge in [-0.1, -0.05) is 278 Å². The van der Waals surface area contributed by atoms with Crippen LogP contribution < -0.4 is 0 Å². The molecule has 0 bridgehead atoms. The lowest BCUT2D eigenvalue weighted by atomic mass is 10.0. The van der Waals surface area contributed by atoms with Gasteiger partial charge in [0.15, 0.2) is 6.10 Å². The molecule has 9 heteroatoms. The van der Waals surface area contributed by atoms with Gasteiger partial charge in [-0.25, -0.2) is 4.79 Å². The topological polar surface area (TPSA) is 108 Å². The number of aliphatic carboxylic acids is 1. The highest BCUT2D eigenvalue weighted by atomic mass is 16.7. The molecule has 0 radical (unpaired) electrons. The van der Waals surface area contributed by atoms with Gasteiger partial charge in [-0.2, -0.15) is 0 Å². The highest BCUT2D eigenvalue weighted by Crippen LogP contribution is 2.17. The summed E-state index contributed by atoms with van der Waals surface area (Å²) < 4.78 is 22.9. The Morgan fingerprint density at radius 1 is 0.383 bits per heavy atom. The molecule has 2 atom stereocenters. The molecule has 0 heterocycles. The van der Waals surface area contributed by atoms with Crippen LogP contribution in [-0.4, -0.2) is 87.4 Å². The molecule has 9 nitrogen and oxygen atoms in total. The van der Waals surface area contributed by atoms with E-state index in [2.05, 4.69) is 111 Å². The van der Waals surface area contributed by atoms with E-state index in [1.54, 1.807) is 0 Å². The molecule has 0 aliphatic heterocycles. The van der Waals surface area contributed by atoms with E-state index in [0.29, 0.717) is 23.9 Å². The third-order valence-electron chi connectivity index (χ3n) is 14.3. The highest BCUT2D eigenvalue weighted by Gasteiger charge is 2.25. The lowest BCUT2D eigenvalue weighted by Crippen LogP contribution is -2.40. The number of nitrogens with zero attached hydrogens (tertiary/aromatic N) is 1. The molecular weight excluding hydrogens is 1010 g/mol. The second kappa shape index (κ2) is 62.3. The van der Waals surface area contributed by atoms with Crippen LogP contribution in [0.5, 0.6) is 0 Å². The summed E-state index contributed by atoms with van der Waals surface area (Å²) in [5, 5.41) is 9.72. The van der Waals surface area contributed by atoms with Crippen LogP contribution in [0, 0.1) is 0 Å². The van der Waals surface area contributed by atoms with E-state index in [-0.39, 0.29) is 38.6 Å². The maximum Gasteiger partial charge on any atom is 0.361 e. The second-order valence-electron chi connectivity index (χ2n) is 23.4. The molecule has 0 saturated carbocycles. The Morgan fingerprint density at radius 2 is 0.716 bits per heavy atom. The van der Waals surface area contributed by atoms with Crippen LogP contribution in [0.3, 0.4) is 0 Å². The van der Waals surface area contributed by atoms with Crippen molar-refractivity contribution in [2.45, 2.75) is 296 Å². The molecule has 0 rings (SSSR count). The Morgan fingerprint density at radius 3 is 1.10 bits per heavy atom. The number of hydrogen-bond acceptors (Lipinski definition) is 7. The van der Waals surface area contributed by atoms with Crippen LogP contribution in [0.15, 0.2) is 97.2 Å². The monoisotopic (exact) mass is 1130 g/mol. The number of allylic oxidation sites excluding steroid dienone is 16. The number of hydrogen-bond donors (Lipinski definition) is 1. The predicted molar refractivity (Wildman–Crippen MR) is 345 cm³/mol. The normalized spacial score (nSPS) is 13.3. The SMILES string of the molecule is CC/C=C\C/C=C\C/C=C\C/C=C\C/C=C\C/C=C\C/C=C\CCCC(=O)OC(COC(=O)CCCCCCCCCCCCCCCCCCCCCCC/C=C\CCCCCCCCCC)COC(OCC[N+](C)(C)C)C(=O)O. The number of carboxylic acid groups (broad SMARTS) is 1. The maximum absolute atomic E-state index is 12.9. The molecule has 0 aromatic carbocycles. The van der Waals surface area contributed by atoms with Gasteiger partial charge < -0.3 is 28.5 Å². The van der Waals surface area contributed by atoms with Crippen molar-refractivity contribution in [3.05, 3.63) is 97.2 Å². The summed E-state index contributed by atoms with van der Waals surface area (Å²) in [6.45, 7) is 4.71. The Bertz CT molecular complexity index is 1650. The first-order chi connectivity index (χ1) is 39.6. The predicted octanol–water partition coefficient (Wildman–Crippen LogP) is 20.5. The van der Waals surface area contributed by atoms with Gasteiger partial charge in [-0.15, -0.1) is 0 Å². The van der Waals surface area contributed by atoms with Gasteiger partial charge in [-0.3, -0.25) is 9.59 Å². The maximum atomic E-state index is 12.9. The lowest BCUT2D eigenvalue weighted by molar-refractivity contribution is -0.870. The van der Waals surface area contributed by atoms with E-state index in [0.717, 1.165) is 64.2 Å². The van der Waals surface area contributed by atoms with Gasteiger partial charge in [0.2, 0.25) is 0 Å². The first-order valence-electron chi connectivity index (χ1n) is 33.4. The number of rotatable bonds is 61. The largest absolute Gasteiger partial charge is 0.477 e. The minimum atomic E-state index is -1.53. The average molecular weight is 1130 g/mol. The molecule has 0 saturated heterocycles. The molecule has 466 valence electrons. The molecule has 1 N–H and O–H groups in total. The van der Waals surface area contributed by atoms with Crippen molar-refractivity contribution in [2.75, 3.05) is 47.5 Å². The molecule has 0 fully saturated rings. The van der Waals surface area contributed by atoms with Crippen LogP contribution >= 0.6 is 0 Å². The molecule has 0 aromatic heterocycles. The number of likely N-dealkylation sites (N-methyl/N-ethyl adjacent to an activating group) is 1. The number of carbonyl (C=O) groups is 3. The first-order valence-corrected chi connectivity index (χ1v) is 33.4. The summed E-state index contributed by atoms with van der Waals surface area (Å²) in [5.74, 6) is -2.08. The summed E-state index contributed by atoms with van der Waals surface area (Å²) in [6, 6.07) is 0. The van der Waals surface area contributed by atoms with Gasteiger partial charge in [0.05, 0.1) is 34.4 Å². The van der Waals surface area contributed by atoms with E-state index < -0.39 is 24.3 Å². The minimum absolute atomic E-state index is 0.173. The number of carboxylic acids is 1. The van der Waals surface area contributed by atoms with Crippen LogP contribution in [-0.2, 0) is 33.3 Å². The van der Waals surface area contributed by atoms with Crippen LogP contribution in [0.4, 0.5) is 0 Å². The summed E-state index contributed by atoms with van der Waals surface area (Å²) >= 11 is 0. The van der Waals surface area contributed by atoms with E-state index >= 15 is 0 Å². The number of carbonyl (C=O) groups excluding carboxylic acids is 2. The summed E-state index contributed by atoms with van der Waals surface area (Å²) in [4.78, 5) is 37.5. The van der Waals surface area contributed by atoms with Crippen molar-refractivity contribution in [3.8, 4) is 0 Å². The molecule has 0 spiro atoms. The second-order valence-corrected chi connectivity index (χ2v) is 23.4. The Balaban J connectivity index is 4.17. The Kier molecular flexibility index (Phi) is 59.3. The number of esters is 2. The molecule has 0 amide bonds. The molecular formula is C72H126NO8+. The van der Waals surface area contributed by atoms with E-state index in [9.17, 15) is 19.5 Å². The van der Waals surface area contributed by atoms with Crippen molar-refractivity contribution in [2.24, 2.45) is 0 Å². The Hall–Kier alpha value is -3.79. The Labute approximate surface area is 499 Å². The van der Waals surface area contributed by atoms with Gasteiger partial charge in [0.25, 0.3) is 6.29 Å². The molecule has 0 aromatic rings. The van der Waals surface area contributed by atoms with Gasteiger partial charge >= 0.3 is 17.9 Å². The number of quaternary nitrogens is 1. The third kappa shape index (κ3) is 63.6. The fourth-order valence-electron chi connectivity index (χ4n) is 9.23. The van der Waals surface area contributed by atoms with E-state index in [1.807, 2.05) is 21.1 Å². The highest BCUT2D eigenvalue weighted by molar-refractivity contribution is 5.71. The fraction of sp³-hybridized carbons (Fsp3) is 0.736. The average Bonchev–Trinajstić information content (AvgIpc) is 3.44. The van der Waals surface area contributed by atoms with Gasteiger partial charge in [-0.05, 0) is 89.9 Å². The van der Waals surface area contributed by atoms with Gasteiger partial charge in [0.1, 0.15) is 13.2 Å². The third-order valence-corrected chi connectivity index (χ3v) is 14.3. The standard InChI is InChI=1S/C72H125NO8/c1-6-8-10-12-14-16-18-20-22-24-26-28-30-31-32-33-34-35-36-37-38-39-41-42-44-46-48-50-52-54-56-58-60-62-69(74)79-66-68(67-80-72(71(76)77)78-65-64-73(3,4)5)81-70(75)63-61-59-57-55-53-51-49-47-45-43-40-29-27-25-23-21-19-17-15-13-11-9-7-2/h9,11,15,17,21,23-24,26-27,29,43,45,49,51,55,57,68,72H,6-8,10,12-14,16,18-20,22,25,28,30-42,44,46-48,50,52-54,56,58-67H2,1-5H3/p+1/b11-9-,17-15-,23-21-,26-24-,29-27-,45-43-,51-49-,57-55-. The quantitative estimate of drug-likeness (QED) is 0.0211. The molecule has 0 aliphatic carbocycles. The van der Waals surface area contributed by atoms with Crippen molar-refractivity contribution >= 4 is 17.9 Å². The van der Waals surface area contributed by atoms with Crippen molar-refractivity contribution in [1.29, 1.82) is 0 Å². The van der Waals surface area contributed by atoms with E-state index in [1.165, 1.54) is 180 Å². The molecule has 0 aliphatic rings. The molecule has 81 heavy (non-hydrogen) atoms. The van der Waals surface area contributed by atoms with Crippen molar-refractivity contribution < 1.29 is 42.9 Å². The number of unbranched alkanes of at least 4 members (excludes halogenated alkanes) is 30. The zero-order valence-electron chi connectivity index (χ0n) is 53.2. The van der Waals surface area contributed by atoms with Crippen LogP contribution in [0.25, 0.3) is 0 Å². The zero-order valence-corrected chi connectivity index (χ0v) is 53.2. The van der Waals surface area contributed by atoms with E-state index in [4.69, 9.17) is 18.9 Å². The zero-order chi connectivity index (χ0) is 59.1. The van der Waals surface area contributed by atoms with Crippen LogP contribution in [0.2, 0.25) is 0 Å². The minimum Gasteiger partial charge on any atom is -0.477 e. The fourth-order valence-corrected chi connectivity index (χ4v) is 9.23. The summed E-state index contributed by atoms with van der Waals surface area (Å²) in [6.07, 6.45) is 82.5. The van der Waals surface area contributed by atoms with Crippen molar-refractivity contribution in [1.82, 2.24) is 0 Å². The lowest BCUT2D eigenvalue weighted by Gasteiger charge is -2.25. The van der Waals surface area contributed by atoms with Gasteiger partial charge in [0, 0.05) is 12.8 Å². The summed E-state index contributed by atoms with van der Waals surface area (Å²) in [5.41, 5.74) is 0.